The lowest BCUT2D eigenvalue weighted by atomic mass is 10.3. The maximum absolute atomic E-state index is 5.34. The lowest BCUT2D eigenvalue weighted by molar-refractivity contribution is 0.139. The standard InChI is InChI=1S/C13H17N3O/c1-2-17-11-10-16-9-8-14-13(16)15-12-6-4-3-5-7-12/h3-9H,2,10-11H2,1H3,(H,14,15). The molecule has 0 aliphatic carbocycles. The van der Waals surface area contributed by atoms with Gasteiger partial charge in [0.15, 0.2) is 0 Å². The summed E-state index contributed by atoms with van der Waals surface area (Å²) in [6.45, 7) is 4.26. The first-order valence-electron chi connectivity index (χ1n) is 5.81. The molecule has 4 nitrogen and oxygen atoms in total. The zero-order valence-electron chi connectivity index (χ0n) is 9.97. The number of para-hydroxylation sites is 1. The van der Waals surface area contributed by atoms with Gasteiger partial charge >= 0.3 is 0 Å². The molecule has 1 aromatic heterocycles. The number of hydrogen-bond acceptors (Lipinski definition) is 3. The van der Waals surface area contributed by atoms with Crippen molar-refractivity contribution in [3.8, 4) is 0 Å². The summed E-state index contributed by atoms with van der Waals surface area (Å²) >= 11 is 0. The van der Waals surface area contributed by atoms with Crippen LogP contribution < -0.4 is 5.32 Å². The number of nitrogens with one attached hydrogen (secondary N) is 1. The summed E-state index contributed by atoms with van der Waals surface area (Å²) in [7, 11) is 0. The Hall–Kier alpha value is -1.81. The van der Waals surface area contributed by atoms with Gasteiger partial charge in [-0.3, -0.25) is 0 Å². The molecule has 0 saturated heterocycles. The van der Waals surface area contributed by atoms with Gasteiger partial charge in [-0.2, -0.15) is 0 Å². The van der Waals surface area contributed by atoms with Crippen LogP contribution in [0.5, 0.6) is 0 Å². The summed E-state index contributed by atoms with van der Waals surface area (Å²) in [6.07, 6.45) is 3.74. The van der Waals surface area contributed by atoms with Crippen molar-refractivity contribution >= 4 is 11.6 Å². The molecule has 1 aromatic carbocycles. The van der Waals surface area contributed by atoms with E-state index < -0.39 is 0 Å². The molecule has 90 valence electrons. The molecule has 17 heavy (non-hydrogen) atoms. The molecule has 0 radical (unpaired) electrons. The minimum Gasteiger partial charge on any atom is -0.380 e. The van der Waals surface area contributed by atoms with Crippen molar-refractivity contribution in [1.82, 2.24) is 9.55 Å². The van der Waals surface area contributed by atoms with E-state index in [1.807, 2.05) is 48.0 Å². The highest BCUT2D eigenvalue weighted by Gasteiger charge is 2.02. The van der Waals surface area contributed by atoms with Gasteiger partial charge in [-0.25, -0.2) is 4.98 Å². The predicted octanol–water partition coefficient (Wildman–Crippen LogP) is 2.66. The van der Waals surface area contributed by atoms with E-state index in [0.29, 0.717) is 6.61 Å². The van der Waals surface area contributed by atoms with Gasteiger partial charge in [-0.15, -0.1) is 0 Å². The summed E-state index contributed by atoms with van der Waals surface area (Å²) < 4.78 is 7.38. The molecule has 1 N–H and O–H groups in total. The quantitative estimate of drug-likeness (QED) is 0.777. The number of hydrogen-bond donors (Lipinski definition) is 1. The first-order chi connectivity index (χ1) is 8.40. The minimum atomic E-state index is 0.705. The minimum absolute atomic E-state index is 0.705. The second-order valence-electron chi connectivity index (χ2n) is 3.63. The molecule has 0 fully saturated rings. The zero-order chi connectivity index (χ0) is 11.9. The number of anilines is 2. The van der Waals surface area contributed by atoms with Crippen LogP contribution in [0.3, 0.4) is 0 Å². The summed E-state index contributed by atoms with van der Waals surface area (Å²) in [5, 5.41) is 3.28. The zero-order valence-corrected chi connectivity index (χ0v) is 9.97. The van der Waals surface area contributed by atoms with E-state index in [-0.39, 0.29) is 0 Å². The lowest BCUT2D eigenvalue weighted by Gasteiger charge is -2.09. The van der Waals surface area contributed by atoms with Crippen LogP contribution >= 0.6 is 0 Å². The monoisotopic (exact) mass is 231 g/mol. The number of aromatic nitrogens is 2. The van der Waals surface area contributed by atoms with E-state index in [2.05, 4.69) is 10.3 Å². The Morgan fingerprint density at radius 1 is 1.29 bits per heavy atom. The van der Waals surface area contributed by atoms with E-state index >= 15 is 0 Å². The molecule has 0 aliphatic rings. The van der Waals surface area contributed by atoms with Crippen LogP contribution in [0, 0.1) is 0 Å². The molecule has 4 heteroatoms. The van der Waals surface area contributed by atoms with Crippen molar-refractivity contribution in [3.63, 3.8) is 0 Å². The highest BCUT2D eigenvalue weighted by Crippen LogP contribution is 2.13. The van der Waals surface area contributed by atoms with Crippen molar-refractivity contribution in [2.75, 3.05) is 18.5 Å². The molecule has 0 aliphatic heterocycles. The van der Waals surface area contributed by atoms with Crippen molar-refractivity contribution < 1.29 is 4.74 Å². The normalized spacial score (nSPS) is 10.4. The van der Waals surface area contributed by atoms with E-state index in [1.165, 1.54) is 0 Å². The van der Waals surface area contributed by atoms with Gasteiger partial charge in [-0.1, -0.05) is 18.2 Å². The van der Waals surface area contributed by atoms with Crippen molar-refractivity contribution in [3.05, 3.63) is 42.7 Å². The van der Waals surface area contributed by atoms with E-state index in [4.69, 9.17) is 4.74 Å². The Kier molecular flexibility index (Phi) is 4.16. The van der Waals surface area contributed by atoms with Gasteiger partial charge in [-0.05, 0) is 19.1 Å². The third-order valence-corrected chi connectivity index (χ3v) is 2.43. The first-order valence-corrected chi connectivity index (χ1v) is 5.81. The third-order valence-electron chi connectivity index (χ3n) is 2.43. The largest absolute Gasteiger partial charge is 0.380 e. The van der Waals surface area contributed by atoms with Crippen LogP contribution in [0.4, 0.5) is 11.6 Å². The van der Waals surface area contributed by atoms with Crippen LogP contribution in [0.2, 0.25) is 0 Å². The molecule has 0 atom stereocenters. The van der Waals surface area contributed by atoms with Crippen molar-refractivity contribution in [2.45, 2.75) is 13.5 Å². The van der Waals surface area contributed by atoms with Gasteiger partial charge in [0.05, 0.1) is 6.61 Å². The number of imidazole rings is 1. The topological polar surface area (TPSA) is 39.1 Å². The summed E-state index contributed by atoms with van der Waals surface area (Å²) in [4.78, 5) is 4.29. The number of benzene rings is 1. The summed E-state index contributed by atoms with van der Waals surface area (Å²) in [6, 6.07) is 10.0. The van der Waals surface area contributed by atoms with Crippen molar-refractivity contribution in [1.29, 1.82) is 0 Å². The summed E-state index contributed by atoms with van der Waals surface area (Å²) in [5.74, 6) is 0.843. The van der Waals surface area contributed by atoms with Crippen LogP contribution in [0.15, 0.2) is 42.7 Å². The molecule has 0 bridgehead atoms. The fourth-order valence-corrected chi connectivity index (χ4v) is 1.57. The van der Waals surface area contributed by atoms with Crippen LogP contribution in [-0.2, 0) is 11.3 Å². The van der Waals surface area contributed by atoms with Gasteiger partial charge in [0, 0.05) is 31.2 Å². The maximum Gasteiger partial charge on any atom is 0.207 e. The van der Waals surface area contributed by atoms with Gasteiger partial charge in [0.25, 0.3) is 0 Å². The maximum atomic E-state index is 5.34. The van der Waals surface area contributed by atoms with E-state index in [0.717, 1.165) is 24.8 Å². The molecule has 0 spiro atoms. The number of rotatable bonds is 6. The lowest BCUT2D eigenvalue weighted by Crippen LogP contribution is -2.08. The van der Waals surface area contributed by atoms with Crippen LogP contribution in [0.25, 0.3) is 0 Å². The Balaban J connectivity index is 1.99. The molecule has 0 unspecified atom stereocenters. The molecule has 0 saturated carbocycles. The Bertz CT molecular complexity index is 439. The number of nitrogens with zero attached hydrogens (tertiary/aromatic N) is 2. The first kappa shape index (κ1) is 11.7. The van der Waals surface area contributed by atoms with E-state index in [1.54, 1.807) is 6.20 Å². The molecular weight excluding hydrogens is 214 g/mol. The highest BCUT2D eigenvalue weighted by molar-refractivity contribution is 5.52. The average Bonchev–Trinajstić information content (AvgIpc) is 2.79. The smallest absolute Gasteiger partial charge is 0.207 e. The van der Waals surface area contributed by atoms with Crippen LogP contribution in [0.1, 0.15) is 6.92 Å². The fraction of sp³-hybridized carbons (Fsp3) is 0.308. The van der Waals surface area contributed by atoms with Gasteiger partial charge in [0.2, 0.25) is 5.95 Å². The molecule has 2 aromatic rings. The van der Waals surface area contributed by atoms with Crippen molar-refractivity contribution in [2.24, 2.45) is 0 Å². The SMILES string of the molecule is CCOCCn1ccnc1Nc1ccccc1. The Morgan fingerprint density at radius 3 is 2.88 bits per heavy atom. The van der Waals surface area contributed by atoms with E-state index in [9.17, 15) is 0 Å². The van der Waals surface area contributed by atoms with Gasteiger partial charge in [0.1, 0.15) is 0 Å². The fourth-order valence-electron chi connectivity index (χ4n) is 1.57. The Labute approximate surface area is 101 Å². The predicted molar refractivity (Wildman–Crippen MR) is 68.4 cm³/mol. The summed E-state index contributed by atoms with van der Waals surface area (Å²) in [5.41, 5.74) is 1.04. The molecular formula is C13H17N3O. The second kappa shape index (κ2) is 6.06. The third kappa shape index (κ3) is 3.32. The Morgan fingerprint density at radius 2 is 2.12 bits per heavy atom. The average molecular weight is 231 g/mol. The van der Waals surface area contributed by atoms with Gasteiger partial charge < -0.3 is 14.6 Å². The molecule has 0 amide bonds. The molecule has 1 heterocycles. The number of ether oxygens (including phenoxy) is 1. The van der Waals surface area contributed by atoms with Crippen LogP contribution in [-0.4, -0.2) is 22.8 Å². The molecule has 2 rings (SSSR count). The second-order valence-corrected chi connectivity index (χ2v) is 3.63. The highest BCUT2D eigenvalue weighted by atomic mass is 16.5.